The Morgan fingerprint density at radius 2 is 1.94 bits per heavy atom. The molecule has 2 aromatic heterocycles. The zero-order chi connectivity index (χ0) is 22.4. The van der Waals surface area contributed by atoms with Gasteiger partial charge in [0.25, 0.3) is 11.5 Å². The van der Waals surface area contributed by atoms with Crippen molar-refractivity contribution in [2.75, 3.05) is 11.9 Å². The Labute approximate surface area is 182 Å². The number of nitrogens with zero attached hydrogens (tertiary/aromatic N) is 3. The maximum atomic E-state index is 14.4. The van der Waals surface area contributed by atoms with Crippen LogP contribution in [0, 0.1) is 6.92 Å². The van der Waals surface area contributed by atoms with Gasteiger partial charge in [-0.15, -0.1) is 0 Å². The fourth-order valence-corrected chi connectivity index (χ4v) is 2.98. The molecule has 7 nitrogen and oxygen atoms in total. The first kappa shape index (κ1) is 22.4. The van der Waals surface area contributed by atoms with Crippen LogP contribution in [-0.4, -0.2) is 27.0 Å². The number of hydrogen-bond donors (Lipinski definition) is 2. The average molecular weight is 448 g/mol. The molecule has 2 heterocycles. The molecule has 0 radical (unpaired) electrons. The Kier molecular flexibility index (Phi) is 6.96. The van der Waals surface area contributed by atoms with Gasteiger partial charge in [-0.1, -0.05) is 41.9 Å². The lowest BCUT2D eigenvalue weighted by molar-refractivity contribution is -0.121. The maximum absolute atomic E-state index is 14.4. The predicted molar refractivity (Wildman–Crippen MR) is 113 cm³/mol. The molecular formula is C21H20ClF2N5O2. The Morgan fingerprint density at radius 1 is 1.19 bits per heavy atom. The first-order valence-corrected chi connectivity index (χ1v) is 9.75. The monoisotopic (exact) mass is 447 g/mol. The number of alkyl halides is 2. The highest BCUT2D eigenvalue weighted by Gasteiger charge is 2.31. The van der Waals surface area contributed by atoms with Gasteiger partial charge in [0.2, 0.25) is 5.91 Å². The lowest BCUT2D eigenvalue weighted by atomic mass is 10.1. The van der Waals surface area contributed by atoms with E-state index in [9.17, 15) is 18.4 Å². The van der Waals surface area contributed by atoms with Crippen LogP contribution in [0.4, 0.5) is 14.6 Å². The summed E-state index contributed by atoms with van der Waals surface area (Å²) in [6.45, 7) is 0.627. The van der Waals surface area contributed by atoms with Gasteiger partial charge in [-0.05, 0) is 19.1 Å². The minimum Gasteiger partial charge on any atom is -0.359 e. The number of carbonyl (C=O) groups excluding carboxylic acids is 1. The Hall–Kier alpha value is -3.33. The van der Waals surface area contributed by atoms with Crippen molar-refractivity contribution < 1.29 is 13.6 Å². The van der Waals surface area contributed by atoms with Crippen molar-refractivity contribution in [3.63, 3.8) is 0 Å². The van der Waals surface area contributed by atoms with E-state index < -0.39 is 23.9 Å². The first-order chi connectivity index (χ1) is 14.8. The van der Waals surface area contributed by atoms with Crippen molar-refractivity contribution in [3.8, 4) is 0 Å². The summed E-state index contributed by atoms with van der Waals surface area (Å²) < 4.78 is 29.9. The smallest absolute Gasteiger partial charge is 0.293 e. The predicted octanol–water partition coefficient (Wildman–Crippen LogP) is 3.12. The van der Waals surface area contributed by atoms with Crippen LogP contribution in [0.3, 0.4) is 0 Å². The van der Waals surface area contributed by atoms with Crippen LogP contribution in [0.1, 0.15) is 17.0 Å². The van der Waals surface area contributed by atoms with Gasteiger partial charge < -0.3 is 10.6 Å². The Balaban J connectivity index is 1.67. The van der Waals surface area contributed by atoms with E-state index in [4.69, 9.17) is 11.6 Å². The van der Waals surface area contributed by atoms with Crippen molar-refractivity contribution in [2.45, 2.75) is 25.9 Å². The van der Waals surface area contributed by atoms with Crippen LogP contribution < -0.4 is 16.2 Å². The lowest BCUT2D eigenvalue weighted by Gasteiger charge is -2.18. The topological polar surface area (TPSA) is 88.9 Å². The van der Waals surface area contributed by atoms with Gasteiger partial charge in [0.1, 0.15) is 6.54 Å². The minimum atomic E-state index is -3.20. The van der Waals surface area contributed by atoms with Crippen molar-refractivity contribution in [2.24, 2.45) is 0 Å². The van der Waals surface area contributed by atoms with Gasteiger partial charge in [-0.2, -0.15) is 8.78 Å². The third-order valence-corrected chi connectivity index (χ3v) is 4.71. The van der Waals surface area contributed by atoms with Gasteiger partial charge in [0.15, 0.2) is 5.82 Å². The summed E-state index contributed by atoms with van der Waals surface area (Å²) in [4.78, 5) is 33.0. The van der Waals surface area contributed by atoms with Gasteiger partial charge >= 0.3 is 0 Å². The highest BCUT2D eigenvalue weighted by atomic mass is 35.5. The molecule has 0 bridgehead atoms. The zero-order valence-electron chi connectivity index (χ0n) is 16.6. The molecule has 1 amide bonds. The number of aromatic nitrogens is 3. The van der Waals surface area contributed by atoms with Crippen LogP contribution in [0.5, 0.6) is 0 Å². The SMILES string of the molecule is Cc1cnc(NCC(F)(F)c2ccccc2)c(=O)n1CC(=O)NCc1cc(Cl)ccn1. The van der Waals surface area contributed by atoms with Crippen LogP contribution in [0.2, 0.25) is 5.02 Å². The Morgan fingerprint density at radius 3 is 2.65 bits per heavy atom. The number of carbonyl (C=O) groups is 1. The molecule has 0 aliphatic heterocycles. The standard InChI is InChI=1S/C21H20ClF2N5O2/c1-14-10-27-19(28-13-21(23,24)15-5-3-2-4-6-15)20(31)29(14)12-18(30)26-11-17-9-16(22)7-8-25-17/h2-10H,11-13H2,1H3,(H,26,30)(H,27,28). The molecule has 2 N–H and O–H groups in total. The largest absolute Gasteiger partial charge is 0.359 e. The zero-order valence-corrected chi connectivity index (χ0v) is 17.4. The molecule has 3 rings (SSSR count). The molecule has 0 aliphatic rings. The van der Waals surface area contributed by atoms with Crippen molar-refractivity contribution in [3.05, 3.63) is 87.2 Å². The van der Waals surface area contributed by atoms with Gasteiger partial charge in [-0.3, -0.25) is 19.1 Å². The van der Waals surface area contributed by atoms with Crippen LogP contribution in [0.25, 0.3) is 0 Å². The summed E-state index contributed by atoms with van der Waals surface area (Å²) in [5, 5.41) is 5.54. The summed E-state index contributed by atoms with van der Waals surface area (Å²) in [5.41, 5.74) is 0.135. The van der Waals surface area contributed by atoms with E-state index in [2.05, 4.69) is 20.6 Å². The van der Waals surface area contributed by atoms with E-state index in [0.29, 0.717) is 16.4 Å². The second kappa shape index (κ2) is 9.65. The fraction of sp³-hybridized carbons (Fsp3) is 0.238. The minimum absolute atomic E-state index is 0.132. The normalized spacial score (nSPS) is 11.2. The first-order valence-electron chi connectivity index (χ1n) is 9.37. The summed E-state index contributed by atoms with van der Waals surface area (Å²) in [6.07, 6.45) is 2.86. The molecule has 0 atom stereocenters. The number of nitrogens with one attached hydrogen (secondary N) is 2. The molecule has 0 saturated carbocycles. The van der Waals surface area contributed by atoms with E-state index in [1.807, 2.05) is 0 Å². The number of halogens is 3. The van der Waals surface area contributed by atoms with Crippen LogP contribution in [0.15, 0.2) is 59.7 Å². The molecular weight excluding hydrogens is 428 g/mol. The van der Waals surface area contributed by atoms with Gasteiger partial charge in [0.05, 0.1) is 18.8 Å². The third kappa shape index (κ3) is 5.85. The number of amides is 1. The fourth-order valence-electron chi connectivity index (χ4n) is 2.80. The number of rotatable bonds is 8. The van der Waals surface area contributed by atoms with E-state index in [-0.39, 0.29) is 24.5 Å². The molecule has 0 saturated heterocycles. The molecule has 10 heteroatoms. The second-order valence-electron chi connectivity index (χ2n) is 6.81. The Bertz CT molecular complexity index is 1120. The quantitative estimate of drug-likeness (QED) is 0.554. The van der Waals surface area contributed by atoms with Gasteiger partial charge in [0, 0.05) is 28.7 Å². The molecule has 0 aliphatic carbocycles. The molecule has 162 valence electrons. The molecule has 0 unspecified atom stereocenters. The second-order valence-corrected chi connectivity index (χ2v) is 7.24. The molecule has 3 aromatic rings. The number of aryl methyl sites for hydroxylation is 1. The number of anilines is 1. The number of hydrogen-bond acceptors (Lipinski definition) is 5. The number of benzene rings is 1. The van der Waals surface area contributed by atoms with E-state index in [1.165, 1.54) is 36.7 Å². The van der Waals surface area contributed by atoms with Crippen molar-refractivity contribution >= 4 is 23.3 Å². The van der Waals surface area contributed by atoms with E-state index in [0.717, 1.165) is 4.57 Å². The summed E-state index contributed by atoms with van der Waals surface area (Å²) in [7, 11) is 0. The molecule has 0 fully saturated rings. The summed E-state index contributed by atoms with van der Waals surface area (Å²) >= 11 is 5.88. The van der Waals surface area contributed by atoms with Gasteiger partial charge in [-0.25, -0.2) is 4.98 Å². The summed E-state index contributed by atoms with van der Waals surface area (Å²) in [6, 6.07) is 10.5. The van der Waals surface area contributed by atoms with Crippen LogP contribution >= 0.6 is 11.6 Å². The van der Waals surface area contributed by atoms with E-state index in [1.54, 1.807) is 25.1 Å². The molecule has 31 heavy (non-hydrogen) atoms. The highest BCUT2D eigenvalue weighted by molar-refractivity contribution is 6.30. The van der Waals surface area contributed by atoms with Crippen molar-refractivity contribution in [1.82, 2.24) is 19.9 Å². The highest BCUT2D eigenvalue weighted by Crippen LogP contribution is 2.27. The molecule has 0 spiro atoms. The lowest BCUT2D eigenvalue weighted by Crippen LogP contribution is -2.35. The van der Waals surface area contributed by atoms with E-state index >= 15 is 0 Å². The molecule has 1 aromatic carbocycles. The van der Waals surface area contributed by atoms with Crippen LogP contribution in [-0.2, 0) is 23.8 Å². The summed E-state index contributed by atoms with van der Waals surface area (Å²) in [5.74, 6) is -3.91. The average Bonchev–Trinajstić information content (AvgIpc) is 2.75. The maximum Gasteiger partial charge on any atom is 0.293 e. The van der Waals surface area contributed by atoms with Crippen molar-refractivity contribution in [1.29, 1.82) is 0 Å². The number of pyridine rings is 1. The third-order valence-electron chi connectivity index (χ3n) is 4.47.